The van der Waals surface area contributed by atoms with E-state index in [9.17, 15) is 9.59 Å². The fourth-order valence-corrected chi connectivity index (χ4v) is 4.63. The van der Waals surface area contributed by atoms with E-state index < -0.39 is 0 Å². The molecule has 0 aromatic heterocycles. The van der Waals surface area contributed by atoms with Gasteiger partial charge in [-0.15, -0.1) is 0 Å². The quantitative estimate of drug-likeness (QED) is 0.379. The number of hydrogen-bond acceptors (Lipinski definition) is 5. The largest absolute Gasteiger partial charge is 0.494 e. The summed E-state index contributed by atoms with van der Waals surface area (Å²) in [5.41, 5.74) is 5.38. The van der Waals surface area contributed by atoms with Gasteiger partial charge in [-0.05, 0) is 86.6 Å². The Labute approximate surface area is 202 Å². The molecule has 1 aliphatic heterocycles. The van der Waals surface area contributed by atoms with Crippen molar-refractivity contribution >= 4 is 17.9 Å². The Bertz CT molecular complexity index is 1030. The van der Waals surface area contributed by atoms with Gasteiger partial charge in [0.25, 0.3) is 0 Å². The van der Waals surface area contributed by atoms with Crippen molar-refractivity contribution in [2.45, 2.75) is 40.0 Å². The van der Waals surface area contributed by atoms with Crippen LogP contribution in [0, 0.1) is 19.8 Å². The van der Waals surface area contributed by atoms with Crippen LogP contribution in [0.5, 0.6) is 5.75 Å². The van der Waals surface area contributed by atoms with E-state index in [0.29, 0.717) is 18.7 Å². The van der Waals surface area contributed by atoms with Crippen LogP contribution in [0.25, 0.3) is 11.1 Å². The second-order valence-electron chi connectivity index (χ2n) is 9.32. The molecule has 0 spiro atoms. The molecule has 34 heavy (non-hydrogen) atoms. The maximum absolute atomic E-state index is 12.9. The van der Waals surface area contributed by atoms with Gasteiger partial charge in [0.1, 0.15) is 12.0 Å². The first-order chi connectivity index (χ1) is 16.5. The zero-order valence-corrected chi connectivity index (χ0v) is 20.6. The lowest BCUT2D eigenvalue weighted by Crippen LogP contribution is -2.37. The number of benzene rings is 2. The number of hydrogen-bond donors (Lipinski definition) is 0. The highest BCUT2D eigenvalue weighted by molar-refractivity contribution is 5.99. The lowest BCUT2D eigenvalue weighted by atomic mass is 9.95. The topological polar surface area (TPSA) is 59.1 Å². The summed E-state index contributed by atoms with van der Waals surface area (Å²) in [6.07, 6.45) is 3.79. The van der Waals surface area contributed by atoms with Crippen molar-refractivity contribution in [3.8, 4) is 16.9 Å². The Balaban J connectivity index is 1.49. The Morgan fingerprint density at radius 3 is 2.59 bits per heavy atom. The maximum atomic E-state index is 12.9. The summed E-state index contributed by atoms with van der Waals surface area (Å²) in [7, 11) is 0. The molecule has 1 aliphatic carbocycles. The number of carbonyl (C=O) groups is 2. The number of ether oxygens (including phenoxy) is 2. The van der Waals surface area contributed by atoms with E-state index in [-0.39, 0.29) is 11.8 Å². The number of nitrogens with zero attached hydrogens (tertiary/aromatic N) is 2. The number of morpholine rings is 1. The van der Waals surface area contributed by atoms with Gasteiger partial charge in [-0.3, -0.25) is 14.5 Å². The molecule has 0 N–H and O–H groups in total. The summed E-state index contributed by atoms with van der Waals surface area (Å²) in [6.45, 7) is 11.9. The fraction of sp³-hybridized carbons (Fsp3) is 0.500. The molecule has 0 atom stereocenters. The Kier molecular flexibility index (Phi) is 8.01. The monoisotopic (exact) mass is 464 g/mol. The molecule has 1 saturated carbocycles. The highest BCUT2D eigenvalue weighted by atomic mass is 16.5. The fourth-order valence-electron chi connectivity index (χ4n) is 4.63. The van der Waals surface area contributed by atoms with Gasteiger partial charge >= 0.3 is 0 Å². The summed E-state index contributed by atoms with van der Waals surface area (Å²) in [5.74, 6) is 1.14. The number of aldehydes is 1. The third-order valence-corrected chi connectivity index (χ3v) is 6.85. The van der Waals surface area contributed by atoms with Crippen molar-refractivity contribution in [3.63, 3.8) is 0 Å². The zero-order chi connectivity index (χ0) is 24.1. The second kappa shape index (κ2) is 11.2. The van der Waals surface area contributed by atoms with Crippen LogP contribution in [0.4, 0.5) is 5.69 Å². The number of amides is 1. The van der Waals surface area contributed by atoms with Crippen LogP contribution < -0.4 is 9.64 Å². The Hall–Kier alpha value is -2.70. The van der Waals surface area contributed by atoms with E-state index >= 15 is 0 Å². The summed E-state index contributed by atoms with van der Waals surface area (Å²) < 4.78 is 11.4. The van der Waals surface area contributed by atoms with Crippen molar-refractivity contribution in [3.05, 3.63) is 47.0 Å². The SMILES string of the molecule is CCN(C(=O)C1CC1)c1cc(-c2ccc(OCCCN3CCOCC3)cc2C)cc(C=O)c1C. The van der Waals surface area contributed by atoms with Crippen molar-refractivity contribution in [1.29, 1.82) is 0 Å². The lowest BCUT2D eigenvalue weighted by molar-refractivity contribution is -0.119. The summed E-state index contributed by atoms with van der Waals surface area (Å²) in [5, 5.41) is 0. The number of anilines is 1. The van der Waals surface area contributed by atoms with Crippen LogP contribution >= 0.6 is 0 Å². The molecule has 0 bridgehead atoms. The minimum Gasteiger partial charge on any atom is -0.494 e. The first-order valence-electron chi connectivity index (χ1n) is 12.5. The van der Waals surface area contributed by atoms with Gasteiger partial charge in [0, 0.05) is 43.3 Å². The highest BCUT2D eigenvalue weighted by Gasteiger charge is 2.34. The van der Waals surface area contributed by atoms with E-state index in [1.54, 1.807) is 0 Å². The van der Waals surface area contributed by atoms with Crippen LogP contribution in [0.3, 0.4) is 0 Å². The third-order valence-electron chi connectivity index (χ3n) is 6.85. The molecule has 182 valence electrons. The molecular formula is C28H36N2O4. The van der Waals surface area contributed by atoms with Crippen molar-refractivity contribution < 1.29 is 19.1 Å². The van der Waals surface area contributed by atoms with E-state index in [1.807, 2.05) is 30.9 Å². The van der Waals surface area contributed by atoms with Gasteiger partial charge in [-0.1, -0.05) is 6.07 Å². The van der Waals surface area contributed by atoms with E-state index in [2.05, 4.69) is 30.0 Å². The molecule has 2 aromatic rings. The van der Waals surface area contributed by atoms with Gasteiger partial charge in [-0.2, -0.15) is 0 Å². The third kappa shape index (κ3) is 5.68. The number of aryl methyl sites for hydroxylation is 1. The minimum absolute atomic E-state index is 0.129. The molecule has 6 heteroatoms. The molecular weight excluding hydrogens is 428 g/mol. The molecule has 4 rings (SSSR count). The van der Waals surface area contributed by atoms with Crippen LogP contribution in [0.15, 0.2) is 30.3 Å². The predicted octanol–water partition coefficient (Wildman–Crippen LogP) is 4.65. The molecule has 1 saturated heterocycles. The van der Waals surface area contributed by atoms with E-state index in [1.165, 1.54) is 0 Å². The van der Waals surface area contributed by atoms with Gasteiger partial charge in [0.05, 0.1) is 19.8 Å². The zero-order valence-electron chi connectivity index (χ0n) is 20.6. The van der Waals surface area contributed by atoms with Gasteiger partial charge < -0.3 is 14.4 Å². The number of rotatable bonds is 10. The van der Waals surface area contributed by atoms with Crippen molar-refractivity contribution in [2.24, 2.45) is 5.92 Å². The second-order valence-corrected chi connectivity index (χ2v) is 9.32. The Morgan fingerprint density at radius 1 is 1.18 bits per heavy atom. The van der Waals surface area contributed by atoms with Crippen molar-refractivity contribution in [2.75, 3.05) is 50.9 Å². The highest BCUT2D eigenvalue weighted by Crippen LogP contribution is 2.37. The average Bonchev–Trinajstić information content (AvgIpc) is 3.70. The van der Waals surface area contributed by atoms with Gasteiger partial charge in [0.15, 0.2) is 0 Å². The molecule has 1 heterocycles. The summed E-state index contributed by atoms with van der Waals surface area (Å²) in [4.78, 5) is 29.0. The minimum atomic E-state index is 0.129. The first kappa shape index (κ1) is 24.4. The molecule has 2 aromatic carbocycles. The van der Waals surface area contributed by atoms with Gasteiger partial charge in [-0.25, -0.2) is 0 Å². The van der Waals surface area contributed by atoms with Crippen LogP contribution in [0.2, 0.25) is 0 Å². The van der Waals surface area contributed by atoms with Gasteiger partial charge in [0.2, 0.25) is 5.91 Å². The van der Waals surface area contributed by atoms with Crippen LogP contribution in [-0.2, 0) is 9.53 Å². The average molecular weight is 465 g/mol. The molecule has 2 aliphatic rings. The molecule has 6 nitrogen and oxygen atoms in total. The molecule has 2 fully saturated rings. The summed E-state index contributed by atoms with van der Waals surface area (Å²) >= 11 is 0. The summed E-state index contributed by atoms with van der Waals surface area (Å²) in [6, 6.07) is 10.1. The molecule has 1 amide bonds. The number of carbonyl (C=O) groups excluding carboxylic acids is 2. The normalized spacial score (nSPS) is 16.3. The Morgan fingerprint density at radius 2 is 1.94 bits per heavy atom. The van der Waals surface area contributed by atoms with E-state index in [0.717, 1.165) is 92.1 Å². The van der Waals surface area contributed by atoms with Crippen LogP contribution in [0.1, 0.15) is 47.7 Å². The molecule has 0 unspecified atom stereocenters. The van der Waals surface area contributed by atoms with E-state index in [4.69, 9.17) is 9.47 Å². The van der Waals surface area contributed by atoms with Crippen molar-refractivity contribution in [1.82, 2.24) is 4.90 Å². The smallest absolute Gasteiger partial charge is 0.230 e. The van der Waals surface area contributed by atoms with Crippen LogP contribution in [-0.4, -0.2) is 63.1 Å². The lowest BCUT2D eigenvalue weighted by Gasteiger charge is -2.26. The standard InChI is InChI=1S/C28H36N2O4/c1-4-30(28(32)22-6-7-22)27-18-23(17-24(19-31)21(27)3)26-9-8-25(16-20(26)2)34-13-5-10-29-11-14-33-15-12-29/h8-9,16-19,22H,4-7,10-15H2,1-3H3. The first-order valence-corrected chi connectivity index (χ1v) is 12.5. The maximum Gasteiger partial charge on any atom is 0.230 e. The predicted molar refractivity (Wildman–Crippen MR) is 135 cm³/mol. The molecule has 0 radical (unpaired) electrons.